The van der Waals surface area contributed by atoms with E-state index in [1.165, 1.54) is 16.8 Å². The molecule has 1 aliphatic heterocycles. The topological polar surface area (TPSA) is 44.5 Å². The molecule has 5 heteroatoms. The third-order valence-electron chi connectivity index (χ3n) is 5.25. The molecule has 0 unspecified atom stereocenters. The van der Waals surface area contributed by atoms with Crippen molar-refractivity contribution in [1.82, 2.24) is 19.6 Å². The van der Waals surface area contributed by atoms with Crippen molar-refractivity contribution in [3.05, 3.63) is 52.8 Å². The Hall–Kier alpha value is -1.69. The molecule has 0 radical (unpaired) electrons. The van der Waals surface area contributed by atoms with Gasteiger partial charge in [0.05, 0.1) is 18.8 Å². The van der Waals surface area contributed by atoms with Crippen molar-refractivity contribution in [3.63, 3.8) is 0 Å². The summed E-state index contributed by atoms with van der Waals surface area (Å²) in [6, 6.07) is 10.7. The monoisotopic (exact) mass is 342 g/mol. The van der Waals surface area contributed by atoms with Gasteiger partial charge in [-0.15, -0.1) is 0 Å². The minimum atomic E-state index is 0.140. The maximum Gasteiger partial charge on any atom is 0.0644 e. The van der Waals surface area contributed by atoms with E-state index in [1.54, 1.807) is 0 Å². The van der Waals surface area contributed by atoms with Crippen LogP contribution < -0.4 is 0 Å². The van der Waals surface area contributed by atoms with Gasteiger partial charge in [-0.05, 0) is 25.8 Å². The van der Waals surface area contributed by atoms with Crippen LogP contribution in [-0.2, 0) is 19.5 Å². The molecular weight excluding hydrogens is 312 g/mol. The van der Waals surface area contributed by atoms with E-state index in [-0.39, 0.29) is 6.61 Å². The fourth-order valence-electron chi connectivity index (χ4n) is 3.60. The van der Waals surface area contributed by atoms with Gasteiger partial charge in [0.1, 0.15) is 0 Å². The normalized spacial score (nSPS) is 16.4. The molecule has 1 aromatic carbocycles. The molecule has 1 fully saturated rings. The van der Waals surface area contributed by atoms with Gasteiger partial charge >= 0.3 is 0 Å². The molecule has 1 N–H and O–H groups in total. The van der Waals surface area contributed by atoms with E-state index in [0.717, 1.165) is 51.4 Å². The summed E-state index contributed by atoms with van der Waals surface area (Å²) in [5.41, 5.74) is 5.04. The number of aliphatic hydroxyl groups is 1. The number of nitrogens with zero attached hydrogens (tertiary/aromatic N) is 4. The van der Waals surface area contributed by atoms with Gasteiger partial charge in [-0.1, -0.05) is 30.3 Å². The third kappa shape index (κ3) is 4.69. The van der Waals surface area contributed by atoms with Crippen LogP contribution in [0.15, 0.2) is 30.3 Å². The summed E-state index contributed by atoms with van der Waals surface area (Å²) < 4.78 is 1.93. The van der Waals surface area contributed by atoms with Gasteiger partial charge in [-0.25, -0.2) is 0 Å². The van der Waals surface area contributed by atoms with Crippen molar-refractivity contribution in [3.8, 4) is 0 Å². The minimum Gasteiger partial charge on any atom is -0.394 e. The lowest BCUT2D eigenvalue weighted by molar-refractivity contribution is 0.128. The van der Waals surface area contributed by atoms with E-state index in [9.17, 15) is 0 Å². The van der Waals surface area contributed by atoms with Gasteiger partial charge in [0.2, 0.25) is 0 Å². The van der Waals surface area contributed by atoms with E-state index in [1.807, 2.05) is 4.68 Å². The van der Waals surface area contributed by atoms with Gasteiger partial charge < -0.3 is 10.0 Å². The molecule has 25 heavy (non-hydrogen) atoms. The first kappa shape index (κ1) is 18.1. The smallest absolute Gasteiger partial charge is 0.0644 e. The molecule has 3 rings (SSSR count). The second-order valence-corrected chi connectivity index (χ2v) is 6.95. The lowest BCUT2D eigenvalue weighted by atomic mass is 10.1. The fourth-order valence-corrected chi connectivity index (χ4v) is 3.60. The number of piperazine rings is 1. The van der Waals surface area contributed by atoms with Crippen molar-refractivity contribution >= 4 is 0 Å². The lowest BCUT2D eigenvalue weighted by Gasteiger charge is -2.34. The molecule has 1 aliphatic rings. The van der Waals surface area contributed by atoms with Crippen LogP contribution in [0.5, 0.6) is 0 Å². The zero-order chi connectivity index (χ0) is 17.6. The molecule has 0 spiro atoms. The molecule has 0 aliphatic carbocycles. The van der Waals surface area contributed by atoms with Gasteiger partial charge in [-0.2, -0.15) is 5.10 Å². The average molecular weight is 342 g/mol. The second-order valence-electron chi connectivity index (χ2n) is 6.95. The molecular formula is C20H30N4O. The summed E-state index contributed by atoms with van der Waals surface area (Å²) in [4.78, 5) is 5.09. The Labute approximate surface area is 150 Å². The Morgan fingerprint density at radius 1 is 0.960 bits per heavy atom. The molecule has 0 atom stereocenters. The van der Waals surface area contributed by atoms with Crippen LogP contribution in [0.4, 0.5) is 0 Å². The van der Waals surface area contributed by atoms with Crippen LogP contribution in [-0.4, -0.2) is 64.0 Å². The second kappa shape index (κ2) is 8.61. The summed E-state index contributed by atoms with van der Waals surface area (Å²) in [6.07, 6.45) is 1.13. The number of rotatable bonds is 7. The summed E-state index contributed by atoms with van der Waals surface area (Å²) >= 11 is 0. The number of hydrogen-bond donors (Lipinski definition) is 1. The quantitative estimate of drug-likeness (QED) is 0.834. The highest BCUT2D eigenvalue weighted by molar-refractivity contribution is 5.24. The van der Waals surface area contributed by atoms with Crippen LogP contribution in [0.3, 0.4) is 0 Å². The number of hydrogen-bond acceptors (Lipinski definition) is 4. The number of aliphatic hydroxyl groups excluding tert-OH is 1. The van der Waals surface area contributed by atoms with Crippen molar-refractivity contribution in [1.29, 1.82) is 0 Å². The van der Waals surface area contributed by atoms with Crippen LogP contribution >= 0.6 is 0 Å². The van der Waals surface area contributed by atoms with Crippen molar-refractivity contribution < 1.29 is 5.11 Å². The first-order valence-electron chi connectivity index (χ1n) is 9.29. The number of aryl methyl sites for hydroxylation is 1. The highest BCUT2D eigenvalue weighted by Crippen LogP contribution is 2.17. The molecule has 136 valence electrons. The minimum absolute atomic E-state index is 0.140. The predicted molar refractivity (Wildman–Crippen MR) is 101 cm³/mol. The van der Waals surface area contributed by atoms with Crippen molar-refractivity contribution in [2.75, 3.05) is 39.3 Å². The molecule has 1 aromatic heterocycles. The van der Waals surface area contributed by atoms with Crippen LogP contribution in [0.2, 0.25) is 0 Å². The molecule has 0 amide bonds. The number of benzene rings is 1. The van der Waals surface area contributed by atoms with E-state index >= 15 is 0 Å². The Balaban J connectivity index is 1.48. The first-order valence-corrected chi connectivity index (χ1v) is 9.29. The zero-order valence-electron chi connectivity index (χ0n) is 15.5. The van der Waals surface area contributed by atoms with Crippen LogP contribution in [0, 0.1) is 13.8 Å². The third-order valence-corrected chi connectivity index (χ3v) is 5.25. The van der Waals surface area contributed by atoms with Crippen molar-refractivity contribution in [2.24, 2.45) is 0 Å². The predicted octanol–water partition coefficient (Wildman–Crippen LogP) is 1.85. The summed E-state index contributed by atoms with van der Waals surface area (Å²) in [6.45, 7) is 11.5. The van der Waals surface area contributed by atoms with Gasteiger partial charge in [-0.3, -0.25) is 9.58 Å². The summed E-state index contributed by atoms with van der Waals surface area (Å²) in [5.74, 6) is 0. The largest absolute Gasteiger partial charge is 0.394 e. The summed E-state index contributed by atoms with van der Waals surface area (Å²) in [7, 11) is 0. The highest BCUT2D eigenvalue weighted by atomic mass is 16.3. The average Bonchev–Trinajstić information content (AvgIpc) is 2.90. The first-order chi connectivity index (χ1) is 12.2. The zero-order valence-corrected chi connectivity index (χ0v) is 15.5. The van der Waals surface area contributed by atoms with E-state index in [4.69, 9.17) is 5.11 Å². The molecule has 0 saturated carbocycles. The summed E-state index contributed by atoms with van der Waals surface area (Å²) in [5, 5.41) is 13.7. The highest BCUT2D eigenvalue weighted by Gasteiger charge is 2.20. The van der Waals surface area contributed by atoms with Crippen molar-refractivity contribution in [2.45, 2.75) is 33.4 Å². The van der Waals surface area contributed by atoms with Gasteiger partial charge in [0.25, 0.3) is 0 Å². The SMILES string of the molecule is Cc1nn(CCO)c(C)c1CN1CCN(CCc2ccccc2)CC1. The van der Waals surface area contributed by atoms with Gasteiger partial charge in [0.15, 0.2) is 0 Å². The lowest BCUT2D eigenvalue weighted by Crippen LogP contribution is -2.46. The molecule has 0 bridgehead atoms. The molecule has 2 aromatic rings. The van der Waals surface area contributed by atoms with E-state index in [2.05, 4.69) is 59.1 Å². The fraction of sp³-hybridized carbons (Fsp3) is 0.550. The van der Waals surface area contributed by atoms with E-state index in [0.29, 0.717) is 6.54 Å². The Kier molecular flexibility index (Phi) is 6.24. The molecule has 5 nitrogen and oxygen atoms in total. The van der Waals surface area contributed by atoms with Crippen LogP contribution in [0.25, 0.3) is 0 Å². The standard InChI is InChI=1S/C20H30N4O/c1-17-20(18(2)24(21-17)14-15-25)16-23-12-10-22(11-13-23)9-8-19-6-4-3-5-7-19/h3-7,25H,8-16H2,1-2H3. The molecule has 1 saturated heterocycles. The molecule has 2 heterocycles. The maximum absolute atomic E-state index is 9.15. The van der Waals surface area contributed by atoms with E-state index < -0.39 is 0 Å². The van der Waals surface area contributed by atoms with Gasteiger partial charge in [0, 0.05) is 50.5 Å². The Morgan fingerprint density at radius 3 is 2.32 bits per heavy atom. The van der Waals surface area contributed by atoms with Crippen LogP contribution in [0.1, 0.15) is 22.5 Å². The Morgan fingerprint density at radius 2 is 1.64 bits per heavy atom. The maximum atomic E-state index is 9.15. The number of aromatic nitrogens is 2. The Bertz CT molecular complexity index is 660.